The molecule has 3 rings (SSSR count). The van der Waals surface area contributed by atoms with Crippen LogP contribution in [0.5, 0.6) is 5.75 Å². The monoisotopic (exact) mass is 389 g/mol. The molecular formula is C19H14F3N3O3. The highest BCUT2D eigenvalue weighted by molar-refractivity contribution is 5.90. The molecule has 0 saturated carbocycles. The summed E-state index contributed by atoms with van der Waals surface area (Å²) in [6.45, 7) is -0.705. The Kier molecular flexibility index (Phi) is 5.16. The topological polar surface area (TPSA) is 84.2 Å². The summed E-state index contributed by atoms with van der Waals surface area (Å²) in [5, 5.41) is 15.6. The Bertz CT molecular complexity index is 1050. The fraction of sp³-hybridized carbons (Fsp3) is 0.105. The van der Waals surface area contributed by atoms with Crippen LogP contribution in [0.3, 0.4) is 0 Å². The molecule has 3 aromatic rings. The van der Waals surface area contributed by atoms with E-state index in [-0.39, 0.29) is 11.4 Å². The number of carbonyl (C=O) groups is 1. The Morgan fingerprint density at radius 3 is 2.32 bits per heavy atom. The van der Waals surface area contributed by atoms with Crippen molar-refractivity contribution in [2.24, 2.45) is 0 Å². The highest BCUT2D eigenvalue weighted by Crippen LogP contribution is 2.28. The van der Waals surface area contributed by atoms with E-state index in [1.807, 2.05) is 0 Å². The summed E-state index contributed by atoms with van der Waals surface area (Å²) in [5.74, 6) is -0.750. The van der Waals surface area contributed by atoms with E-state index in [9.17, 15) is 27.9 Å². The highest BCUT2D eigenvalue weighted by atomic mass is 19.4. The molecule has 1 aromatic heterocycles. The van der Waals surface area contributed by atoms with Gasteiger partial charge in [0, 0.05) is 11.3 Å². The lowest BCUT2D eigenvalue weighted by molar-refractivity contribution is -0.139. The molecule has 0 fully saturated rings. The van der Waals surface area contributed by atoms with E-state index < -0.39 is 29.8 Å². The first-order chi connectivity index (χ1) is 13.2. The molecule has 0 unspecified atom stereocenters. The van der Waals surface area contributed by atoms with Crippen molar-refractivity contribution in [1.82, 2.24) is 9.78 Å². The quantitative estimate of drug-likeness (QED) is 0.671. The van der Waals surface area contributed by atoms with E-state index in [4.69, 9.17) is 0 Å². The van der Waals surface area contributed by atoms with Crippen molar-refractivity contribution >= 4 is 11.6 Å². The molecular weight excluding hydrogens is 375 g/mol. The molecule has 0 spiro atoms. The standard InChI is InChI=1S/C19H14F3N3O3/c20-19(21,22)15-10-16(12-4-2-1-3-5-12)24-25(18(15)28)11-17(27)23-13-6-8-14(26)9-7-13/h1-10,26H,11H2,(H,23,27). The summed E-state index contributed by atoms with van der Waals surface area (Å²) in [6, 6.07) is 14.2. The first kappa shape index (κ1) is 19.2. The van der Waals surface area contributed by atoms with Gasteiger partial charge in [0.1, 0.15) is 17.9 Å². The normalized spacial score (nSPS) is 11.2. The number of alkyl halides is 3. The van der Waals surface area contributed by atoms with E-state index >= 15 is 0 Å². The minimum Gasteiger partial charge on any atom is -0.508 e. The van der Waals surface area contributed by atoms with Crippen molar-refractivity contribution < 1.29 is 23.1 Å². The van der Waals surface area contributed by atoms with Gasteiger partial charge in [-0.15, -0.1) is 0 Å². The fourth-order valence-electron chi connectivity index (χ4n) is 2.48. The van der Waals surface area contributed by atoms with Crippen LogP contribution >= 0.6 is 0 Å². The number of nitrogens with zero attached hydrogens (tertiary/aromatic N) is 2. The van der Waals surface area contributed by atoms with Crippen molar-refractivity contribution in [2.75, 3.05) is 5.32 Å². The Labute approximate surface area is 156 Å². The summed E-state index contributed by atoms with van der Waals surface area (Å²) in [6.07, 6.45) is -4.89. The van der Waals surface area contributed by atoms with Crippen molar-refractivity contribution in [3.05, 3.63) is 76.6 Å². The molecule has 0 aliphatic rings. The van der Waals surface area contributed by atoms with Crippen molar-refractivity contribution in [1.29, 1.82) is 0 Å². The molecule has 144 valence electrons. The molecule has 0 aliphatic heterocycles. The summed E-state index contributed by atoms with van der Waals surface area (Å²) < 4.78 is 40.3. The number of phenols is 1. The number of aromatic nitrogens is 2. The first-order valence-electron chi connectivity index (χ1n) is 8.08. The molecule has 0 radical (unpaired) electrons. The van der Waals surface area contributed by atoms with Gasteiger partial charge in [-0.25, -0.2) is 4.68 Å². The van der Waals surface area contributed by atoms with Crippen LogP contribution in [-0.4, -0.2) is 20.8 Å². The van der Waals surface area contributed by atoms with Crippen molar-refractivity contribution in [3.8, 4) is 17.0 Å². The van der Waals surface area contributed by atoms with Gasteiger partial charge in [0.05, 0.1) is 5.69 Å². The summed E-state index contributed by atoms with van der Waals surface area (Å²) in [4.78, 5) is 24.4. The maximum absolute atomic E-state index is 13.3. The molecule has 1 amide bonds. The van der Waals surface area contributed by atoms with Gasteiger partial charge in [0.2, 0.25) is 5.91 Å². The molecule has 9 heteroatoms. The first-order valence-corrected chi connectivity index (χ1v) is 8.08. The Morgan fingerprint density at radius 2 is 1.71 bits per heavy atom. The van der Waals surface area contributed by atoms with Crippen LogP contribution in [0.4, 0.5) is 18.9 Å². The summed E-state index contributed by atoms with van der Waals surface area (Å²) >= 11 is 0. The van der Waals surface area contributed by atoms with E-state index in [1.165, 1.54) is 24.3 Å². The van der Waals surface area contributed by atoms with Crippen LogP contribution in [0.25, 0.3) is 11.3 Å². The molecule has 0 bridgehead atoms. The number of halogens is 3. The lowest BCUT2D eigenvalue weighted by Crippen LogP contribution is -2.34. The Morgan fingerprint density at radius 1 is 1.07 bits per heavy atom. The maximum Gasteiger partial charge on any atom is 0.421 e. The van der Waals surface area contributed by atoms with Crippen LogP contribution in [0.2, 0.25) is 0 Å². The number of amides is 1. The number of phenolic OH excluding ortho intramolecular Hbond substituents is 1. The molecule has 2 N–H and O–H groups in total. The smallest absolute Gasteiger partial charge is 0.421 e. The van der Waals surface area contributed by atoms with Gasteiger partial charge in [0.25, 0.3) is 5.56 Å². The Hall–Kier alpha value is -3.62. The lowest BCUT2D eigenvalue weighted by Gasteiger charge is -2.13. The number of rotatable bonds is 4. The predicted molar refractivity (Wildman–Crippen MR) is 95.7 cm³/mol. The summed E-state index contributed by atoms with van der Waals surface area (Å²) in [5.41, 5.74) is -2.21. The zero-order valence-corrected chi connectivity index (χ0v) is 14.3. The molecule has 0 atom stereocenters. The second-order valence-corrected chi connectivity index (χ2v) is 5.86. The average molecular weight is 389 g/mol. The van der Waals surface area contributed by atoms with Crippen LogP contribution in [0.1, 0.15) is 5.56 Å². The Balaban J connectivity index is 1.96. The molecule has 0 aliphatic carbocycles. The second kappa shape index (κ2) is 7.55. The number of aromatic hydroxyl groups is 1. The number of hydrogen-bond acceptors (Lipinski definition) is 4. The highest BCUT2D eigenvalue weighted by Gasteiger charge is 2.35. The van der Waals surface area contributed by atoms with Gasteiger partial charge in [0.15, 0.2) is 0 Å². The second-order valence-electron chi connectivity index (χ2n) is 5.86. The van der Waals surface area contributed by atoms with Crippen LogP contribution in [0, 0.1) is 0 Å². The zero-order chi connectivity index (χ0) is 20.3. The third kappa shape index (κ3) is 4.37. The third-order valence-electron chi connectivity index (χ3n) is 3.79. The average Bonchev–Trinajstić information content (AvgIpc) is 2.65. The van der Waals surface area contributed by atoms with Gasteiger partial charge in [-0.05, 0) is 30.3 Å². The summed E-state index contributed by atoms with van der Waals surface area (Å²) in [7, 11) is 0. The van der Waals surface area contributed by atoms with Gasteiger partial charge in [-0.2, -0.15) is 18.3 Å². The number of nitrogens with one attached hydrogen (secondary N) is 1. The van der Waals surface area contributed by atoms with Gasteiger partial charge in [-0.1, -0.05) is 30.3 Å². The van der Waals surface area contributed by atoms with Crippen LogP contribution < -0.4 is 10.9 Å². The maximum atomic E-state index is 13.3. The van der Waals surface area contributed by atoms with Crippen molar-refractivity contribution in [3.63, 3.8) is 0 Å². The number of benzene rings is 2. The minimum absolute atomic E-state index is 0.0127. The van der Waals surface area contributed by atoms with E-state index in [2.05, 4.69) is 10.4 Å². The number of anilines is 1. The van der Waals surface area contributed by atoms with E-state index in [0.29, 0.717) is 22.0 Å². The largest absolute Gasteiger partial charge is 0.508 e. The molecule has 28 heavy (non-hydrogen) atoms. The number of carbonyl (C=O) groups excluding carboxylic acids is 1. The SMILES string of the molecule is O=C(Cn1nc(-c2ccccc2)cc(C(F)(F)F)c1=O)Nc1ccc(O)cc1. The minimum atomic E-state index is -4.89. The van der Waals surface area contributed by atoms with Gasteiger partial charge < -0.3 is 10.4 Å². The van der Waals surface area contributed by atoms with E-state index in [0.717, 1.165) is 0 Å². The fourth-order valence-corrected chi connectivity index (χ4v) is 2.48. The molecule has 0 saturated heterocycles. The van der Waals surface area contributed by atoms with Gasteiger partial charge >= 0.3 is 6.18 Å². The van der Waals surface area contributed by atoms with Crippen LogP contribution in [-0.2, 0) is 17.5 Å². The number of hydrogen-bond donors (Lipinski definition) is 2. The van der Waals surface area contributed by atoms with Crippen molar-refractivity contribution in [2.45, 2.75) is 12.7 Å². The zero-order valence-electron chi connectivity index (χ0n) is 14.3. The van der Waals surface area contributed by atoms with E-state index in [1.54, 1.807) is 30.3 Å². The molecule has 6 nitrogen and oxygen atoms in total. The lowest BCUT2D eigenvalue weighted by atomic mass is 10.1. The van der Waals surface area contributed by atoms with Gasteiger partial charge in [-0.3, -0.25) is 9.59 Å². The predicted octanol–water partition coefficient (Wildman–Crippen LogP) is 3.27. The van der Waals surface area contributed by atoms with Crippen LogP contribution in [0.15, 0.2) is 65.5 Å². The molecule has 2 aromatic carbocycles. The third-order valence-corrected chi connectivity index (χ3v) is 3.79. The molecule has 1 heterocycles.